The van der Waals surface area contributed by atoms with Crippen molar-refractivity contribution in [3.63, 3.8) is 0 Å². The van der Waals surface area contributed by atoms with E-state index >= 15 is 0 Å². The molecule has 0 bridgehead atoms. The van der Waals surface area contributed by atoms with Crippen molar-refractivity contribution in [1.29, 1.82) is 0 Å². The van der Waals surface area contributed by atoms with Crippen molar-refractivity contribution in [3.8, 4) is 16.8 Å². The Hall–Kier alpha value is -5.47. The van der Waals surface area contributed by atoms with Crippen LogP contribution < -0.4 is 0 Å². The predicted octanol–water partition coefficient (Wildman–Crippen LogP) is 10.7. The molecule has 2 heteroatoms. The largest absolute Gasteiger partial charge is 0.309 e. The van der Waals surface area contributed by atoms with Crippen LogP contribution in [0.25, 0.3) is 70.9 Å². The van der Waals surface area contributed by atoms with E-state index in [9.17, 15) is 0 Å². The molecule has 0 aliphatic carbocycles. The Bertz CT molecular complexity index is 2280. The summed E-state index contributed by atoms with van der Waals surface area (Å²) in [4.78, 5) is 4.40. The Kier molecular flexibility index (Phi) is 5.72. The third-order valence-corrected chi connectivity index (χ3v) is 8.50. The van der Waals surface area contributed by atoms with Gasteiger partial charge in [0.05, 0.1) is 11.0 Å². The van der Waals surface area contributed by atoms with E-state index in [1.807, 2.05) is 12.3 Å². The number of allylic oxidation sites excluding steroid dienone is 2. The molecule has 42 heavy (non-hydrogen) atoms. The van der Waals surface area contributed by atoms with Crippen molar-refractivity contribution in [3.05, 3.63) is 152 Å². The Morgan fingerprint density at radius 2 is 1.21 bits per heavy atom. The average Bonchev–Trinajstić information content (AvgIpc) is 3.38. The van der Waals surface area contributed by atoms with Gasteiger partial charge in [-0.3, -0.25) is 4.99 Å². The minimum Gasteiger partial charge on any atom is -0.309 e. The van der Waals surface area contributed by atoms with Gasteiger partial charge in [0.15, 0.2) is 0 Å². The van der Waals surface area contributed by atoms with Crippen molar-refractivity contribution >= 4 is 60.3 Å². The van der Waals surface area contributed by atoms with Crippen LogP contribution in [0.15, 0.2) is 151 Å². The van der Waals surface area contributed by atoms with Gasteiger partial charge in [0.25, 0.3) is 0 Å². The molecular weight excluding hydrogens is 508 g/mol. The van der Waals surface area contributed by atoms with E-state index in [-0.39, 0.29) is 0 Å². The molecule has 0 spiro atoms. The van der Waals surface area contributed by atoms with Crippen LogP contribution in [0.2, 0.25) is 0 Å². The van der Waals surface area contributed by atoms with E-state index in [4.69, 9.17) is 0 Å². The van der Waals surface area contributed by atoms with E-state index in [0.717, 1.165) is 6.42 Å². The van der Waals surface area contributed by atoms with Gasteiger partial charge in [0.2, 0.25) is 0 Å². The Labute approximate surface area is 244 Å². The van der Waals surface area contributed by atoms with Gasteiger partial charge < -0.3 is 4.57 Å². The highest BCUT2D eigenvalue weighted by Gasteiger charge is 2.15. The molecule has 0 amide bonds. The van der Waals surface area contributed by atoms with E-state index in [0.29, 0.717) is 0 Å². The van der Waals surface area contributed by atoms with Crippen LogP contribution in [0, 0.1) is 0 Å². The molecule has 0 radical (unpaired) electrons. The molecule has 0 saturated heterocycles. The third-order valence-electron chi connectivity index (χ3n) is 8.50. The van der Waals surface area contributed by atoms with E-state index < -0.39 is 0 Å². The maximum atomic E-state index is 4.40. The molecule has 0 fully saturated rings. The molecule has 8 aromatic rings. The van der Waals surface area contributed by atoms with Gasteiger partial charge in [0, 0.05) is 35.3 Å². The minimum atomic E-state index is 0.784. The van der Waals surface area contributed by atoms with E-state index in [2.05, 4.69) is 137 Å². The fourth-order valence-corrected chi connectivity index (χ4v) is 6.60. The Morgan fingerprint density at radius 3 is 1.93 bits per heavy atom. The van der Waals surface area contributed by atoms with Crippen LogP contribution >= 0.6 is 0 Å². The van der Waals surface area contributed by atoms with Gasteiger partial charge in [-0.1, -0.05) is 110 Å². The highest BCUT2D eigenvalue weighted by molar-refractivity contribution is 6.26. The molecule has 0 unspecified atom stereocenters. The first kappa shape index (κ1) is 24.3. The zero-order valence-corrected chi connectivity index (χ0v) is 23.2. The second-order valence-corrected chi connectivity index (χ2v) is 10.8. The summed E-state index contributed by atoms with van der Waals surface area (Å²) < 4.78 is 2.37. The van der Waals surface area contributed by atoms with Crippen LogP contribution in [-0.4, -0.2) is 10.8 Å². The molecule has 0 atom stereocenters. The zero-order valence-electron chi connectivity index (χ0n) is 23.2. The first-order valence-electron chi connectivity index (χ1n) is 14.4. The van der Waals surface area contributed by atoms with E-state index in [1.54, 1.807) is 12.3 Å². The number of hydrogen-bond acceptors (Lipinski definition) is 1. The van der Waals surface area contributed by atoms with Gasteiger partial charge in [-0.05, 0) is 79.3 Å². The number of aliphatic imine (C=N–C) groups is 1. The Balaban J connectivity index is 1.26. The lowest BCUT2D eigenvalue weighted by molar-refractivity contribution is 1.18. The summed E-state index contributed by atoms with van der Waals surface area (Å²) in [7, 11) is 0. The van der Waals surface area contributed by atoms with Crippen LogP contribution in [0.4, 0.5) is 0 Å². The van der Waals surface area contributed by atoms with E-state index in [1.165, 1.54) is 76.5 Å². The molecular formula is C40H28N2. The number of hydrogen-bond donors (Lipinski definition) is 0. The monoisotopic (exact) mass is 536 g/mol. The van der Waals surface area contributed by atoms with Crippen molar-refractivity contribution in [2.24, 2.45) is 4.99 Å². The summed E-state index contributed by atoms with van der Waals surface area (Å²) in [6.45, 7) is 3.71. The first-order valence-corrected chi connectivity index (χ1v) is 14.4. The minimum absolute atomic E-state index is 0.784. The quantitative estimate of drug-likeness (QED) is 0.114. The van der Waals surface area contributed by atoms with Crippen LogP contribution in [0.3, 0.4) is 0 Å². The normalized spacial score (nSPS) is 12.3. The smallest absolute Gasteiger partial charge is 0.0541 e. The van der Waals surface area contributed by atoms with Crippen LogP contribution in [-0.2, 0) is 6.42 Å². The standard InChI is InChI=1S/C40H28N2/c1-2-3-25-41-26-24-28-12-13-29-18-23-36-32(21-16-30-17-22-33(28)39(29)40(30)36)27-14-19-31(20-15-27)42-37-10-6-4-8-34(37)35-9-5-7-11-38(35)42/h2-23,25-26H,1,24H2/b25-3-,41-26?. The molecule has 0 saturated carbocycles. The molecule has 7 aromatic carbocycles. The van der Waals surface area contributed by atoms with Crippen molar-refractivity contribution in [2.75, 3.05) is 0 Å². The molecule has 2 nitrogen and oxygen atoms in total. The summed E-state index contributed by atoms with van der Waals surface area (Å²) in [5.41, 5.74) is 7.39. The van der Waals surface area contributed by atoms with Gasteiger partial charge >= 0.3 is 0 Å². The van der Waals surface area contributed by atoms with Crippen molar-refractivity contribution in [2.45, 2.75) is 6.42 Å². The molecule has 198 valence electrons. The molecule has 0 aliphatic heterocycles. The second-order valence-electron chi connectivity index (χ2n) is 10.8. The summed E-state index contributed by atoms with van der Waals surface area (Å²) in [5.74, 6) is 0. The SMILES string of the molecule is C=C/C=C\N=CCc1ccc2ccc3c(-c4ccc(-n5c6ccccc6c6ccccc65)cc4)ccc4ccc1c2c43. The van der Waals surface area contributed by atoms with Crippen molar-refractivity contribution in [1.82, 2.24) is 4.57 Å². The highest BCUT2D eigenvalue weighted by atomic mass is 15.0. The summed E-state index contributed by atoms with van der Waals surface area (Å²) in [5, 5.41) is 10.4. The maximum absolute atomic E-state index is 4.40. The number of para-hydroxylation sites is 2. The van der Waals surface area contributed by atoms with Gasteiger partial charge in [-0.25, -0.2) is 0 Å². The van der Waals surface area contributed by atoms with Crippen molar-refractivity contribution < 1.29 is 0 Å². The van der Waals surface area contributed by atoms with Gasteiger partial charge in [-0.15, -0.1) is 0 Å². The van der Waals surface area contributed by atoms with Crippen LogP contribution in [0.1, 0.15) is 5.56 Å². The summed E-state index contributed by atoms with van der Waals surface area (Å²) in [6.07, 6.45) is 8.12. The second kappa shape index (κ2) is 9.87. The molecule has 8 rings (SSSR count). The summed E-state index contributed by atoms with van der Waals surface area (Å²) in [6, 6.07) is 44.5. The lowest BCUT2D eigenvalue weighted by Crippen LogP contribution is -1.94. The number of nitrogens with zero attached hydrogens (tertiary/aromatic N) is 2. The fraction of sp³-hybridized carbons (Fsp3) is 0.0250. The number of aromatic nitrogens is 1. The summed E-state index contributed by atoms with van der Waals surface area (Å²) >= 11 is 0. The topological polar surface area (TPSA) is 17.3 Å². The first-order chi connectivity index (χ1) is 20.8. The van der Waals surface area contributed by atoms with Gasteiger partial charge in [0.1, 0.15) is 0 Å². The van der Waals surface area contributed by atoms with Gasteiger partial charge in [-0.2, -0.15) is 0 Å². The highest BCUT2D eigenvalue weighted by Crippen LogP contribution is 2.41. The lowest BCUT2D eigenvalue weighted by Gasteiger charge is -2.16. The number of benzene rings is 7. The zero-order chi connectivity index (χ0) is 28.0. The molecule has 0 aliphatic rings. The molecule has 1 aromatic heterocycles. The number of fused-ring (bicyclic) bond motifs is 3. The fourth-order valence-electron chi connectivity index (χ4n) is 6.60. The van der Waals surface area contributed by atoms with Crippen LogP contribution in [0.5, 0.6) is 0 Å². The predicted molar refractivity (Wildman–Crippen MR) is 181 cm³/mol. The third kappa shape index (κ3) is 3.77. The maximum Gasteiger partial charge on any atom is 0.0541 e. The molecule has 1 heterocycles. The Morgan fingerprint density at radius 1 is 0.595 bits per heavy atom. The molecule has 0 N–H and O–H groups in total. The lowest BCUT2D eigenvalue weighted by atomic mass is 9.88. The number of rotatable bonds is 6. The average molecular weight is 537 g/mol.